The predicted octanol–water partition coefficient (Wildman–Crippen LogP) is 2.45. The number of β-amino-alcohol motifs (C(OH)–C–C–N with tert-alkyl or cyclic N) is 1. The molecule has 1 saturated heterocycles. The number of aliphatic carboxylic acids is 1. The van der Waals surface area contributed by atoms with Crippen LogP contribution in [0.1, 0.15) is 44.2 Å². The number of benzene rings is 1. The van der Waals surface area contributed by atoms with Gasteiger partial charge in [-0.05, 0) is 44.0 Å². The number of rotatable bonds is 5. The fourth-order valence-corrected chi connectivity index (χ4v) is 3.02. The van der Waals surface area contributed by atoms with Crippen LogP contribution in [0.15, 0.2) is 24.3 Å². The second kappa shape index (κ2) is 7.11. The van der Waals surface area contributed by atoms with Gasteiger partial charge in [0.05, 0.1) is 7.11 Å². The molecule has 0 aliphatic carbocycles. The summed E-state index contributed by atoms with van der Waals surface area (Å²) in [6, 6.07) is 8.04. The molecular weight excluding hydrogens is 282 g/mol. The molecular formula is C17H25NO4. The molecule has 0 bridgehead atoms. The first kappa shape index (κ1) is 16.8. The summed E-state index contributed by atoms with van der Waals surface area (Å²) in [7, 11) is 1.64. The summed E-state index contributed by atoms with van der Waals surface area (Å²) in [6.45, 7) is 2.31. The van der Waals surface area contributed by atoms with Gasteiger partial charge >= 0.3 is 5.97 Å². The molecule has 0 radical (unpaired) electrons. The van der Waals surface area contributed by atoms with Crippen LogP contribution in [0.2, 0.25) is 0 Å². The zero-order chi connectivity index (χ0) is 16.2. The van der Waals surface area contributed by atoms with Crippen LogP contribution in [0.4, 0.5) is 0 Å². The molecule has 22 heavy (non-hydrogen) atoms. The first-order valence-corrected chi connectivity index (χ1v) is 7.78. The van der Waals surface area contributed by atoms with Gasteiger partial charge in [-0.15, -0.1) is 0 Å². The Hall–Kier alpha value is -1.59. The van der Waals surface area contributed by atoms with Crippen LogP contribution in [0.25, 0.3) is 0 Å². The number of carboxylic acids is 1. The van der Waals surface area contributed by atoms with Crippen molar-refractivity contribution >= 4 is 5.97 Å². The Morgan fingerprint density at radius 2 is 2.00 bits per heavy atom. The number of aliphatic hydroxyl groups is 1. The van der Waals surface area contributed by atoms with Gasteiger partial charge < -0.3 is 14.9 Å². The number of likely N-dealkylation sites (tertiary alicyclic amines) is 1. The molecule has 5 heteroatoms. The van der Waals surface area contributed by atoms with Gasteiger partial charge in [0.2, 0.25) is 0 Å². The first-order chi connectivity index (χ1) is 10.4. The topological polar surface area (TPSA) is 70.0 Å². The third-order valence-electron chi connectivity index (χ3n) is 4.34. The molecule has 0 saturated carbocycles. The lowest BCUT2D eigenvalue weighted by molar-refractivity contribution is -0.159. The van der Waals surface area contributed by atoms with Crippen LogP contribution in [-0.2, 0) is 4.79 Å². The van der Waals surface area contributed by atoms with Crippen LogP contribution in [0.5, 0.6) is 5.75 Å². The van der Waals surface area contributed by atoms with Crippen molar-refractivity contribution < 1.29 is 19.7 Å². The van der Waals surface area contributed by atoms with Crippen molar-refractivity contribution in [3.63, 3.8) is 0 Å². The Kier molecular flexibility index (Phi) is 5.42. The first-order valence-electron chi connectivity index (χ1n) is 7.78. The molecule has 2 N–H and O–H groups in total. The van der Waals surface area contributed by atoms with E-state index in [9.17, 15) is 15.0 Å². The van der Waals surface area contributed by atoms with E-state index in [0.29, 0.717) is 0 Å². The molecule has 0 aromatic heterocycles. The normalized spacial score (nSPS) is 22.6. The van der Waals surface area contributed by atoms with Crippen LogP contribution in [0.3, 0.4) is 0 Å². The molecule has 0 spiro atoms. The SMILES string of the molecule is COc1ccc(C2CCCCCN2CC(C)(O)C(=O)O)cc1. The van der Waals surface area contributed by atoms with Crippen molar-refractivity contribution in [2.45, 2.75) is 44.2 Å². The highest BCUT2D eigenvalue weighted by molar-refractivity contribution is 5.76. The highest BCUT2D eigenvalue weighted by Crippen LogP contribution is 2.32. The molecule has 122 valence electrons. The summed E-state index contributed by atoms with van der Waals surface area (Å²) in [6.07, 6.45) is 4.26. The van der Waals surface area contributed by atoms with Crippen molar-refractivity contribution in [2.24, 2.45) is 0 Å². The summed E-state index contributed by atoms with van der Waals surface area (Å²) in [5.74, 6) is -0.369. The minimum absolute atomic E-state index is 0.138. The minimum Gasteiger partial charge on any atom is -0.497 e. The van der Waals surface area contributed by atoms with E-state index in [2.05, 4.69) is 4.90 Å². The smallest absolute Gasteiger partial charge is 0.336 e. The largest absolute Gasteiger partial charge is 0.497 e. The second-order valence-electron chi connectivity index (χ2n) is 6.19. The lowest BCUT2D eigenvalue weighted by atomic mass is 9.98. The van der Waals surface area contributed by atoms with Crippen molar-refractivity contribution in [3.8, 4) is 5.75 Å². The van der Waals surface area contributed by atoms with Crippen LogP contribution in [-0.4, -0.2) is 46.9 Å². The molecule has 0 amide bonds. The molecule has 1 heterocycles. The second-order valence-corrected chi connectivity index (χ2v) is 6.19. The van der Waals surface area contributed by atoms with Gasteiger partial charge in [-0.3, -0.25) is 4.90 Å². The molecule has 5 nitrogen and oxygen atoms in total. The number of carboxylic acid groups (broad SMARTS) is 1. The molecule has 2 unspecified atom stereocenters. The third kappa shape index (κ3) is 3.99. The van der Waals surface area contributed by atoms with Gasteiger partial charge in [0.15, 0.2) is 5.60 Å². The van der Waals surface area contributed by atoms with Crippen molar-refractivity contribution in [2.75, 3.05) is 20.2 Å². The predicted molar refractivity (Wildman–Crippen MR) is 84.0 cm³/mol. The van der Waals surface area contributed by atoms with Gasteiger partial charge in [0.25, 0.3) is 0 Å². The number of carbonyl (C=O) groups is 1. The van der Waals surface area contributed by atoms with Gasteiger partial charge in [-0.25, -0.2) is 4.79 Å². The number of hydrogen-bond acceptors (Lipinski definition) is 4. The zero-order valence-corrected chi connectivity index (χ0v) is 13.3. The van der Waals surface area contributed by atoms with E-state index in [0.717, 1.165) is 43.5 Å². The van der Waals surface area contributed by atoms with E-state index in [-0.39, 0.29) is 12.6 Å². The highest BCUT2D eigenvalue weighted by Gasteiger charge is 2.35. The minimum atomic E-state index is -1.73. The molecule has 2 atom stereocenters. The van der Waals surface area contributed by atoms with E-state index in [4.69, 9.17) is 4.74 Å². The van der Waals surface area contributed by atoms with Crippen molar-refractivity contribution in [3.05, 3.63) is 29.8 Å². The summed E-state index contributed by atoms with van der Waals surface area (Å²) >= 11 is 0. The summed E-state index contributed by atoms with van der Waals surface area (Å²) in [5.41, 5.74) is -0.585. The summed E-state index contributed by atoms with van der Waals surface area (Å²) in [4.78, 5) is 13.3. The maximum atomic E-state index is 11.2. The maximum Gasteiger partial charge on any atom is 0.336 e. The molecule has 1 aromatic carbocycles. The van der Waals surface area contributed by atoms with E-state index < -0.39 is 11.6 Å². The van der Waals surface area contributed by atoms with Crippen LogP contribution < -0.4 is 4.74 Å². The molecule has 1 fully saturated rings. The average molecular weight is 307 g/mol. The van der Waals surface area contributed by atoms with Gasteiger partial charge in [0, 0.05) is 12.6 Å². The Balaban J connectivity index is 2.21. The van der Waals surface area contributed by atoms with Crippen molar-refractivity contribution in [1.82, 2.24) is 4.90 Å². The van der Waals surface area contributed by atoms with E-state index in [1.807, 2.05) is 24.3 Å². The fourth-order valence-electron chi connectivity index (χ4n) is 3.02. The van der Waals surface area contributed by atoms with Crippen molar-refractivity contribution in [1.29, 1.82) is 0 Å². The number of hydrogen-bond donors (Lipinski definition) is 2. The van der Waals surface area contributed by atoms with Gasteiger partial charge in [-0.1, -0.05) is 25.0 Å². The molecule has 1 aliphatic heterocycles. The Labute approximate surface area is 131 Å². The summed E-state index contributed by atoms with van der Waals surface area (Å²) in [5, 5.41) is 19.3. The molecule has 1 aromatic rings. The maximum absolute atomic E-state index is 11.2. The standard InChI is InChI=1S/C17H25NO4/c1-17(21,16(19)20)12-18-11-5-3-4-6-15(18)13-7-9-14(22-2)10-8-13/h7-10,15,21H,3-6,11-12H2,1-2H3,(H,19,20). The van der Waals surface area contributed by atoms with E-state index in [1.165, 1.54) is 6.92 Å². The highest BCUT2D eigenvalue weighted by atomic mass is 16.5. The third-order valence-corrected chi connectivity index (χ3v) is 4.34. The number of nitrogens with zero attached hydrogens (tertiary/aromatic N) is 1. The van der Waals surface area contributed by atoms with E-state index in [1.54, 1.807) is 7.11 Å². The average Bonchev–Trinajstić information content (AvgIpc) is 2.72. The monoisotopic (exact) mass is 307 g/mol. The lowest BCUT2D eigenvalue weighted by Crippen LogP contribution is -2.47. The Morgan fingerprint density at radius 1 is 1.32 bits per heavy atom. The molecule has 2 rings (SSSR count). The Morgan fingerprint density at radius 3 is 2.59 bits per heavy atom. The number of ether oxygens (including phenoxy) is 1. The van der Waals surface area contributed by atoms with Crippen LogP contribution in [0, 0.1) is 0 Å². The Bertz CT molecular complexity index is 498. The van der Waals surface area contributed by atoms with E-state index >= 15 is 0 Å². The number of methoxy groups -OCH3 is 1. The van der Waals surface area contributed by atoms with Gasteiger partial charge in [0.1, 0.15) is 5.75 Å². The van der Waals surface area contributed by atoms with Crippen LogP contribution >= 0.6 is 0 Å². The quantitative estimate of drug-likeness (QED) is 0.874. The lowest BCUT2D eigenvalue weighted by Gasteiger charge is -2.34. The summed E-state index contributed by atoms with van der Waals surface area (Å²) < 4.78 is 5.19. The zero-order valence-electron chi connectivity index (χ0n) is 13.3. The molecule has 1 aliphatic rings. The van der Waals surface area contributed by atoms with Gasteiger partial charge in [-0.2, -0.15) is 0 Å². The fraction of sp³-hybridized carbons (Fsp3) is 0.588.